The van der Waals surface area contributed by atoms with Crippen molar-refractivity contribution >= 4 is 51.7 Å². The van der Waals surface area contributed by atoms with Gasteiger partial charge < -0.3 is 15.1 Å². The van der Waals surface area contributed by atoms with E-state index in [-0.39, 0.29) is 5.56 Å². The van der Waals surface area contributed by atoms with Crippen molar-refractivity contribution in [3.8, 4) is 0 Å². The average Bonchev–Trinajstić information content (AvgIpc) is 3.28. The number of hydrogen-bond acceptors (Lipinski definition) is 5. The number of imidazole rings is 1. The van der Waals surface area contributed by atoms with Crippen LogP contribution in [0.4, 0.5) is 11.6 Å². The molecule has 1 aliphatic rings. The fraction of sp³-hybridized carbons (Fsp3) is 0.308. The lowest BCUT2D eigenvalue weighted by atomic mass is 10.2. The number of aromatic nitrogens is 4. The first-order valence-corrected chi connectivity index (χ1v) is 12.8. The number of piperazine rings is 1. The van der Waals surface area contributed by atoms with Crippen LogP contribution in [-0.4, -0.2) is 54.9 Å². The number of anilines is 2. The van der Waals surface area contributed by atoms with Crippen molar-refractivity contribution in [2.45, 2.75) is 13.5 Å². The molecule has 0 unspecified atom stereocenters. The zero-order chi connectivity index (χ0) is 26.3. The number of halogens is 1. The van der Waals surface area contributed by atoms with E-state index in [1.165, 1.54) is 11.6 Å². The number of benzene rings is 2. The Morgan fingerprint density at radius 2 is 1.70 bits per heavy atom. The summed E-state index contributed by atoms with van der Waals surface area (Å²) in [6.45, 7) is 5.09. The molecule has 0 atom stereocenters. The first-order valence-electron chi connectivity index (χ1n) is 12.0. The van der Waals surface area contributed by atoms with Gasteiger partial charge in [0.1, 0.15) is 0 Å². The van der Waals surface area contributed by atoms with Gasteiger partial charge in [0.25, 0.3) is 5.56 Å². The first kappa shape index (κ1) is 25.0. The third-order valence-corrected chi connectivity index (χ3v) is 7.64. The summed E-state index contributed by atoms with van der Waals surface area (Å²) in [5.41, 5.74) is 2.93. The van der Waals surface area contributed by atoms with Crippen LogP contribution in [0.1, 0.15) is 11.1 Å². The number of nitrogens with zero attached hydrogens (tertiary/aromatic N) is 6. The minimum absolute atomic E-state index is 0.353. The zero-order valence-electron chi connectivity index (χ0n) is 20.9. The summed E-state index contributed by atoms with van der Waals surface area (Å²) in [5.74, 6) is 0.668. The fourth-order valence-corrected chi connectivity index (χ4v) is 5.11. The number of nitrogens with one attached hydrogen (secondary N) is 1. The molecule has 0 bridgehead atoms. The quantitative estimate of drug-likeness (QED) is 0.401. The highest BCUT2D eigenvalue weighted by Crippen LogP contribution is 2.25. The van der Waals surface area contributed by atoms with Gasteiger partial charge in [-0.3, -0.25) is 18.5 Å². The van der Waals surface area contributed by atoms with E-state index in [1.54, 1.807) is 7.05 Å². The average molecular weight is 538 g/mol. The lowest BCUT2D eigenvalue weighted by Gasteiger charge is -2.37. The Bertz CT molecular complexity index is 1600. The van der Waals surface area contributed by atoms with Crippen LogP contribution in [0, 0.1) is 6.92 Å². The van der Waals surface area contributed by atoms with E-state index < -0.39 is 5.69 Å². The Labute approximate surface area is 224 Å². The second kappa shape index (κ2) is 10.0. The molecule has 0 spiro atoms. The third-order valence-electron chi connectivity index (χ3n) is 6.87. The van der Waals surface area contributed by atoms with E-state index in [0.29, 0.717) is 60.0 Å². The molecule has 1 aliphatic heterocycles. The van der Waals surface area contributed by atoms with Crippen molar-refractivity contribution < 1.29 is 0 Å². The van der Waals surface area contributed by atoms with Gasteiger partial charge in [-0.25, -0.2) is 4.79 Å². The highest BCUT2D eigenvalue weighted by molar-refractivity contribution is 7.80. The highest BCUT2D eigenvalue weighted by atomic mass is 35.5. The van der Waals surface area contributed by atoms with Crippen molar-refractivity contribution in [2.24, 2.45) is 14.1 Å². The van der Waals surface area contributed by atoms with Gasteiger partial charge in [-0.2, -0.15) is 4.98 Å². The summed E-state index contributed by atoms with van der Waals surface area (Å²) < 4.78 is 4.49. The molecule has 5 rings (SSSR count). The van der Waals surface area contributed by atoms with Gasteiger partial charge in [-0.15, -0.1) is 0 Å². The minimum Gasteiger partial charge on any atom is -0.345 e. The lowest BCUT2D eigenvalue weighted by Crippen LogP contribution is -2.50. The maximum absolute atomic E-state index is 13.2. The molecule has 192 valence electrons. The molecule has 3 heterocycles. The molecule has 4 aromatic rings. The van der Waals surface area contributed by atoms with Gasteiger partial charge in [0.15, 0.2) is 16.3 Å². The van der Waals surface area contributed by atoms with Crippen LogP contribution in [0.2, 0.25) is 5.02 Å². The maximum atomic E-state index is 13.2. The monoisotopic (exact) mass is 537 g/mol. The molecule has 0 amide bonds. The number of hydrogen-bond donors (Lipinski definition) is 1. The second-order valence-corrected chi connectivity index (χ2v) is 9.97. The zero-order valence-corrected chi connectivity index (χ0v) is 22.5. The van der Waals surface area contributed by atoms with Gasteiger partial charge >= 0.3 is 5.69 Å². The smallest absolute Gasteiger partial charge is 0.332 e. The molecule has 2 aromatic heterocycles. The van der Waals surface area contributed by atoms with Gasteiger partial charge in [-0.1, -0.05) is 48.0 Å². The lowest BCUT2D eigenvalue weighted by molar-refractivity contribution is 0.386. The van der Waals surface area contributed by atoms with Crippen LogP contribution in [0.5, 0.6) is 0 Å². The number of rotatable bonds is 4. The Morgan fingerprint density at radius 3 is 2.41 bits per heavy atom. The standard InChI is InChI=1S/C26H28ClN7O2S/c1-17-19(27)10-7-11-20(17)28-25(37)33-14-12-32(13-15-33)24-29-22-21(23(35)31(3)26(36)30(22)2)34(24)16-18-8-5-4-6-9-18/h4-11H,12-16H2,1-3H3,(H,28,37). The summed E-state index contributed by atoms with van der Waals surface area (Å²) in [6.07, 6.45) is 0. The normalized spacial score (nSPS) is 13.8. The van der Waals surface area contributed by atoms with Crippen molar-refractivity contribution in [1.29, 1.82) is 0 Å². The predicted molar refractivity (Wildman–Crippen MR) is 152 cm³/mol. The van der Waals surface area contributed by atoms with Crippen molar-refractivity contribution in [2.75, 3.05) is 36.4 Å². The van der Waals surface area contributed by atoms with E-state index in [0.717, 1.165) is 21.4 Å². The molecule has 9 nitrogen and oxygen atoms in total. The largest absolute Gasteiger partial charge is 0.345 e. The Kier molecular flexibility index (Phi) is 6.78. The third kappa shape index (κ3) is 4.62. The molecular formula is C26H28ClN7O2S. The van der Waals surface area contributed by atoms with E-state index in [9.17, 15) is 9.59 Å². The van der Waals surface area contributed by atoms with Gasteiger partial charge in [0.2, 0.25) is 5.95 Å². The van der Waals surface area contributed by atoms with E-state index in [4.69, 9.17) is 28.8 Å². The van der Waals surface area contributed by atoms with Crippen LogP contribution in [0.15, 0.2) is 58.1 Å². The van der Waals surface area contributed by atoms with Gasteiger partial charge in [-0.05, 0) is 42.4 Å². The summed E-state index contributed by atoms with van der Waals surface area (Å²) in [4.78, 5) is 34.9. The molecule has 1 fully saturated rings. The van der Waals surface area contributed by atoms with Crippen molar-refractivity contribution in [3.63, 3.8) is 0 Å². The van der Waals surface area contributed by atoms with Crippen molar-refractivity contribution in [3.05, 3.63) is 85.5 Å². The Hall–Kier alpha value is -3.63. The Morgan fingerprint density at radius 1 is 1.00 bits per heavy atom. The van der Waals surface area contributed by atoms with Crippen LogP contribution in [0.3, 0.4) is 0 Å². The molecule has 2 aromatic carbocycles. The van der Waals surface area contributed by atoms with Gasteiger partial charge in [0.05, 0.1) is 6.54 Å². The number of aryl methyl sites for hydroxylation is 1. The number of fused-ring (bicyclic) bond motifs is 1. The molecule has 11 heteroatoms. The SMILES string of the molecule is Cc1c(Cl)cccc1NC(=S)N1CCN(c2nc3c(c(=O)n(C)c(=O)n3C)n2Cc2ccccc2)CC1. The summed E-state index contributed by atoms with van der Waals surface area (Å²) in [6, 6.07) is 15.6. The van der Waals surface area contributed by atoms with Crippen molar-refractivity contribution in [1.82, 2.24) is 23.6 Å². The van der Waals surface area contributed by atoms with Crippen LogP contribution in [-0.2, 0) is 20.6 Å². The van der Waals surface area contributed by atoms with Crippen LogP contribution < -0.4 is 21.5 Å². The molecule has 37 heavy (non-hydrogen) atoms. The maximum Gasteiger partial charge on any atom is 0.332 e. The first-order chi connectivity index (χ1) is 17.8. The molecule has 1 N–H and O–H groups in total. The van der Waals surface area contributed by atoms with E-state index >= 15 is 0 Å². The molecule has 0 saturated carbocycles. The van der Waals surface area contributed by atoms with Crippen LogP contribution >= 0.6 is 23.8 Å². The van der Waals surface area contributed by atoms with Gasteiger partial charge in [0, 0.05) is 51.0 Å². The number of thiocarbonyl (C=S) groups is 1. The summed E-state index contributed by atoms with van der Waals surface area (Å²) in [7, 11) is 3.14. The minimum atomic E-state index is -0.397. The second-order valence-electron chi connectivity index (χ2n) is 9.18. The van der Waals surface area contributed by atoms with E-state index in [1.807, 2.05) is 60.0 Å². The Balaban J connectivity index is 1.44. The molecule has 0 radical (unpaired) electrons. The summed E-state index contributed by atoms with van der Waals surface area (Å²) in [5, 5.41) is 4.65. The van der Waals surface area contributed by atoms with Crippen LogP contribution in [0.25, 0.3) is 11.2 Å². The topological polar surface area (TPSA) is 80.3 Å². The molecule has 1 saturated heterocycles. The molecular weight excluding hydrogens is 510 g/mol. The summed E-state index contributed by atoms with van der Waals surface area (Å²) >= 11 is 12.0. The fourth-order valence-electron chi connectivity index (χ4n) is 4.64. The van der Waals surface area contributed by atoms with E-state index in [2.05, 4.69) is 15.1 Å². The highest BCUT2D eigenvalue weighted by Gasteiger charge is 2.26. The predicted octanol–water partition coefficient (Wildman–Crippen LogP) is 2.96. The molecule has 0 aliphatic carbocycles.